The summed E-state index contributed by atoms with van der Waals surface area (Å²) >= 11 is 0. The first-order chi connectivity index (χ1) is 15.8. The molecule has 2 aromatic carbocycles. The normalized spacial score (nSPS) is 15.0. The van der Waals surface area contributed by atoms with Crippen LogP contribution in [-0.4, -0.2) is 59.7 Å². The molecule has 1 N–H and O–H groups in total. The number of carbonyl (C=O) groups is 3. The quantitative estimate of drug-likeness (QED) is 0.649. The van der Waals surface area contributed by atoms with Gasteiger partial charge < -0.3 is 19.5 Å². The fraction of sp³-hybridized carbons (Fsp3) is 0.346. The van der Waals surface area contributed by atoms with E-state index in [4.69, 9.17) is 4.42 Å². The van der Waals surface area contributed by atoms with E-state index in [0.29, 0.717) is 43.1 Å². The summed E-state index contributed by atoms with van der Waals surface area (Å²) in [7, 11) is 0. The molecule has 1 atom stereocenters. The van der Waals surface area contributed by atoms with Crippen molar-refractivity contribution in [3.8, 4) is 0 Å². The lowest BCUT2D eigenvalue weighted by atomic mass is 10.0. The van der Waals surface area contributed by atoms with Crippen molar-refractivity contribution in [2.24, 2.45) is 5.92 Å². The van der Waals surface area contributed by atoms with E-state index in [-0.39, 0.29) is 23.6 Å². The Morgan fingerprint density at radius 1 is 0.909 bits per heavy atom. The first-order valence-corrected chi connectivity index (χ1v) is 11.3. The number of benzene rings is 2. The molecule has 7 nitrogen and oxygen atoms in total. The Bertz CT molecular complexity index is 1140. The summed E-state index contributed by atoms with van der Waals surface area (Å²) in [6, 6.07) is 16.0. The van der Waals surface area contributed by atoms with E-state index >= 15 is 0 Å². The molecule has 0 aliphatic carbocycles. The van der Waals surface area contributed by atoms with Gasteiger partial charge in [-0.15, -0.1) is 0 Å². The molecule has 4 rings (SSSR count). The molecular formula is C26H29N3O4. The second kappa shape index (κ2) is 9.48. The van der Waals surface area contributed by atoms with Crippen LogP contribution in [0.5, 0.6) is 0 Å². The number of furan rings is 1. The molecule has 172 valence electrons. The molecule has 0 spiro atoms. The van der Waals surface area contributed by atoms with Crippen molar-refractivity contribution >= 4 is 28.7 Å². The molecule has 33 heavy (non-hydrogen) atoms. The van der Waals surface area contributed by atoms with Gasteiger partial charge in [0, 0.05) is 37.1 Å². The van der Waals surface area contributed by atoms with Crippen LogP contribution in [0.4, 0.5) is 0 Å². The number of para-hydroxylation sites is 1. The molecule has 2 heterocycles. The summed E-state index contributed by atoms with van der Waals surface area (Å²) in [5.41, 5.74) is 2.11. The minimum atomic E-state index is -0.630. The number of carbonyl (C=O) groups excluding carboxylic acids is 3. The first kappa shape index (κ1) is 22.6. The Labute approximate surface area is 193 Å². The number of piperazine rings is 1. The van der Waals surface area contributed by atoms with Gasteiger partial charge in [0.15, 0.2) is 5.76 Å². The molecule has 1 fully saturated rings. The summed E-state index contributed by atoms with van der Waals surface area (Å²) in [6.45, 7) is 7.36. The van der Waals surface area contributed by atoms with E-state index in [2.05, 4.69) is 5.32 Å². The van der Waals surface area contributed by atoms with Gasteiger partial charge in [-0.25, -0.2) is 0 Å². The molecule has 0 radical (unpaired) electrons. The molecule has 7 heteroatoms. The Morgan fingerprint density at radius 3 is 2.21 bits per heavy atom. The van der Waals surface area contributed by atoms with Gasteiger partial charge in [0.25, 0.3) is 11.8 Å². The highest BCUT2D eigenvalue weighted by Crippen LogP contribution is 2.21. The van der Waals surface area contributed by atoms with Crippen molar-refractivity contribution in [1.82, 2.24) is 15.1 Å². The maximum absolute atomic E-state index is 13.2. The van der Waals surface area contributed by atoms with Crippen LogP contribution in [0.3, 0.4) is 0 Å². The molecular weight excluding hydrogens is 418 g/mol. The number of rotatable bonds is 5. The minimum absolute atomic E-state index is 0.0688. The van der Waals surface area contributed by atoms with Crippen LogP contribution in [0.15, 0.2) is 59.0 Å². The van der Waals surface area contributed by atoms with E-state index in [1.807, 2.05) is 63.2 Å². The van der Waals surface area contributed by atoms with Gasteiger partial charge in [-0.2, -0.15) is 0 Å². The summed E-state index contributed by atoms with van der Waals surface area (Å²) < 4.78 is 5.70. The van der Waals surface area contributed by atoms with Gasteiger partial charge in [-0.1, -0.05) is 50.2 Å². The molecule has 1 unspecified atom stereocenters. The zero-order valence-corrected chi connectivity index (χ0v) is 19.2. The van der Waals surface area contributed by atoms with Gasteiger partial charge >= 0.3 is 0 Å². The molecule has 3 aromatic rings. The Kier molecular flexibility index (Phi) is 6.49. The fourth-order valence-corrected chi connectivity index (χ4v) is 4.13. The van der Waals surface area contributed by atoms with Crippen molar-refractivity contribution in [3.05, 3.63) is 71.5 Å². The smallest absolute Gasteiger partial charge is 0.289 e. The second-order valence-corrected chi connectivity index (χ2v) is 8.78. The van der Waals surface area contributed by atoms with Crippen molar-refractivity contribution < 1.29 is 18.8 Å². The summed E-state index contributed by atoms with van der Waals surface area (Å²) in [6.07, 6.45) is 0. The Hall–Kier alpha value is -3.61. The van der Waals surface area contributed by atoms with Crippen LogP contribution in [0.1, 0.15) is 40.3 Å². The lowest BCUT2D eigenvalue weighted by Gasteiger charge is -2.37. The fourth-order valence-electron chi connectivity index (χ4n) is 4.13. The van der Waals surface area contributed by atoms with Crippen LogP contribution < -0.4 is 5.32 Å². The SMILES string of the molecule is Cc1ccccc1C(=O)NC(C(=O)N1CCN(C(=O)c2cc3ccccc3o2)CC1)C(C)C. The highest BCUT2D eigenvalue weighted by molar-refractivity contribution is 5.99. The number of amides is 3. The van der Waals surface area contributed by atoms with Crippen molar-refractivity contribution in [1.29, 1.82) is 0 Å². The van der Waals surface area contributed by atoms with Crippen molar-refractivity contribution in [2.45, 2.75) is 26.8 Å². The molecule has 1 aromatic heterocycles. The minimum Gasteiger partial charge on any atom is -0.451 e. The number of hydrogen-bond acceptors (Lipinski definition) is 4. The second-order valence-electron chi connectivity index (χ2n) is 8.78. The van der Waals surface area contributed by atoms with Crippen molar-refractivity contribution in [2.75, 3.05) is 26.2 Å². The number of fused-ring (bicyclic) bond motifs is 1. The van der Waals surface area contributed by atoms with Gasteiger partial charge in [-0.3, -0.25) is 14.4 Å². The molecule has 1 saturated heterocycles. The van der Waals surface area contributed by atoms with Crippen molar-refractivity contribution in [3.63, 3.8) is 0 Å². The number of hydrogen-bond donors (Lipinski definition) is 1. The van der Waals surface area contributed by atoms with E-state index in [0.717, 1.165) is 10.9 Å². The molecule has 1 aliphatic heterocycles. The van der Waals surface area contributed by atoms with Gasteiger partial charge in [-0.05, 0) is 36.6 Å². The van der Waals surface area contributed by atoms with E-state index in [9.17, 15) is 14.4 Å². The van der Waals surface area contributed by atoms with Crippen LogP contribution in [-0.2, 0) is 4.79 Å². The molecule has 3 amide bonds. The predicted molar refractivity (Wildman–Crippen MR) is 126 cm³/mol. The monoisotopic (exact) mass is 447 g/mol. The van der Waals surface area contributed by atoms with Crippen LogP contribution in [0.25, 0.3) is 11.0 Å². The van der Waals surface area contributed by atoms with E-state index in [1.165, 1.54) is 0 Å². The lowest BCUT2D eigenvalue weighted by Crippen LogP contribution is -2.57. The lowest BCUT2D eigenvalue weighted by molar-refractivity contribution is -0.135. The number of aryl methyl sites for hydroxylation is 1. The Morgan fingerprint density at radius 2 is 1.55 bits per heavy atom. The average molecular weight is 448 g/mol. The third kappa shape index (κ3) is 4.77. The van der Waals surface area contributed by atoms with Gasteiger partial charge in [0.1, 0.15) is 11.6 Å². The zero-order chi connectivity index (χ0) is 23.5. The van der Waals surface area contributed by atoms with E-state index < -0.39 is 6.04 Å². The average Bonchev–Trinajstić information content (AvgIpc) is 3.26. The highest BCUT2D eigenvalue weighted by Gasteiger charge is 2.32. The topological polar surface area (TPSA) is 82.9 Å². The number of nitrogens with one attached hydrogen (secondary N) is 1. The molecule has 0 saturated carbocycles. The summed E-state index contributed by atoms with van der Waals surface area (Å²) in [4.78, 5) is 42.4. The van der Waals surface area contributed by atoms with Crippen LogP contribution >= 0.6 is 0 Å². The van der Waals surface area contributed by atoms with Crippen LogP contribution in [0, 0.1) is 12.8 Å². The van der Waals surface area contributed by atoms with Crippen LogP contribution in [0.2, 0.25) is 0 Å². The largest absolute Gasteiger partial charge is 0.451 e. The van der Waals surface area contributed by atoms with Gasteiger partial charge in [0.2, 0.25) is 5.91 Å². The molecule has 0 bridgehead atoms. The standard InChI is InChI=1S/C26H29N3O4/c1-17(2)23(27-24(30)20-10-6-4-8-18(20)3)26(32)29-14-12-28(13-15-29)25(31)22-16-19-9-5-7-11-21(19)33-22/h4-11,16-17,23H,12-15H2,1-3H3,(H,27,30). The maximum Gasteiger partial charge on any atom is 0.289 e. The zero-order valence-electron chi connectivity index (χ0n) is 19.2. The molecule has 1 aliphatic rings. The highest BCUT2D eigenvalue weighted by atomic mass is 16.3. The third-order valence-corrected chi connectivity index (χ3v) is 6.12. The van der Waals surface area contributed by atoms with E-state index in [1.54, 1.807) is 21.9 Å². The number of nitrogens with zero attached hydrogens (tertiary/aromatic N) is 2. The predicted octanol–water partition coefficient (Wildman–Crippen LogP) is 3.48. The summed E-state index contributed by atoms with van der Waals surface area (Å²) in [5.74, 6) is -0.310. The Balaban J connectivity index is 1.39. The van der Waals surface area contributed by atoms with Gasteiger partial charge in [0.05, 0.1) is 0 Å². The first-order valence-electron chi connectivity index (χ1n) is 11.3. The summed E-state index contributed by atoms with van der Waals surface area (Å²) in [5, 5.41) is 3.81. The third-order valence-electron chi connectivity index (χ3n) is 6.12. The maximum atomic E-state index is 13.2.